The van der Waals surface area contributed by atoms with Crippen LogP contribution in [0.4, 0.5) is 18.9 Å². The first-order valence-corrected chi connectivity index (χ1v) is 11.8. The highest BCUT2D eigenvalue weighted by atomic mass is 19.4. The van der Waals surface area contributed by atoms with Crippen LogP contribution in [0.25, 0.3) is 0 Å². The highest BCUT2D eigenvalue weighted by Crippen LogP contribution is 2.59. The topological polar surface area (TPSA) is 77.3 Å². The summed E-state index contributed by atoms with van der Waals surface area (Å²) in [7, 11) is 1.88. The third-order valence-corrected chi connectivity index (χ3v) is 7.79. The molecule has 1 amide bonds. The van der Waals surface area contributed by atoms with Gasteiger partial charge in [-0.25, -0.2) is 0 Å². The van der Waals surface area contributed by atoms with Crippen LogP contribution in [0.3, 0.4) is 0 Å². The molecule has 1 saturated heterocycles. The van der Waals surface area contributed by atoms with E-state index in [1.807, 2.05) is 23.7 Å². The Morgan fingerprint density at radius 3 is 2.61 bits per heavy atom. The molecule has 0 radical (unpaired) electrons. The van der Waals surface area contributed by atoms with Crippen molar-refractivity contribution in [2.24, 2.45) is 7.05 Å². The maximum Gasteiger partial charge on any atom is 0.416 e. The minimum Gasteiger partial charge on any atom is -0.375 e. The fraction of sp³-hybridized carbons (Fsp3) is 0.385. The summed E-state index contributed by atoms with van der Waals surface area (Å²) < 4.78 is 49.2. The molecule has 0 unspecified atom stereocenters. The van der Waals surface area contributed by atoms with Gasteiger partial charge in [0, 0.05) is 30.5 Å². The number of hydrogen-bond donors (Lipinski definition) is 0. The zero-order chi connectivity index (χ0) is 25.3. The molecule has 2 fully saturated rings. The number of carbonyl (C=O) groups excluding carboxylic acids is 2. The number of amides is 1. The van der Waals surface area contributed by atoms with Crippen molar-refractivity contribution in [1.29, 1.82) is 0 Å². The van der Waals surface area contributed by atoms with Gasteiger partial charge in [-0.2, -0.15) is 13.2 Å². The van der Waals surface area contributed by atoms with Crippen LogP contribution in [0.5, 0.6) is 0 Å². The number of halogens is 3. The van der Waals surface area contributed by atoms with Gasteiger partial charge in [-0.15, -0.1) is 10.2 Å². The summed E-state index contributed by atoms with van der Waals surface area (Å²) in [4.78, 5) is 25.9. The van der Waals surface area contributed by atoms with Crippen molar-refractivity contribution in [3.63, 3.8) is 0 Å². The predicted molar refractivity (Wildman–Crippen MR) is 123 cm³/mol. The average Bonchev–Trinajstić information content (AvgIpc) is 3.56. The summed E-state index contributed by atoms with van der Waals surface area (Å²) in [6.45, 7) is 0.495. The summed E-state index contributed by atoms with van der Waals surface area (Å²) in [6.07, 6.45) is 0.680. The number of hydrogen-bond acceptors (Lipinski definition) is 5. The predicted octanol–water partition coefficient (Wildman–Crippen LogP) is 4.44. The molecule has 1 saturated carbocycles. The molecule has 2 aromatic carbocycles. The molecule has 3 aromatic rings. The Morgan fingerprint density at radius 2 is 1.97 bits per heavy atom. The van der Waals surface area contributed by atoms with Crippen molar-refractivity contribution in [1.82, 2.24) is 14.8 Å². The second-order valence-electron chi connectivity index (χ2n) is 9.99. The number of ether oxygens (including phenoxy) is 1. The van der Waals surface area contributed by atoms with E-state index < -0.39 is 23.1 Å². The van der Waals surface area contributed by atoms with E-state index in [-0.39, 0.29) is 28.8 Å². The Balaban J connectivity index is 1.40. The lowest BCUT2D eigenvalue weighted by molar-refractivity contribution is -0.138. The first-order chi connectivity index (χ1) is 17.2. The molecule has 2 aliphatic heterocycles. The van der Waals surface area contributed by atoms with Gasteiger partial charge in [0.2, 0.25) is 0 Å². The van der Waals surface area contributed by atoms with Crippen LogP contribution >= 0.6 is 0 Å². The summed E-state index contributed by atoms with van der Waals surface area (Å²) in [6, 6.07) is 9.37. The van der Waals surface area contributed by atoms with Crippen LogP contribution < -0.4 is 4.90 Å². The lowest BCUT2D eigenvalue weighted by atomic mass is 9.54. The molecule has 1 spiro atoms. The minimum atomic E-state index is -4.68. The van der Waals surface area contributed by atoms with E-state index in [0.717, 1.165) is 36.9 Å². The number of anilines is 1. The van der Waals surface area contributed by atoms with Crippen molar-refractivity contribution in [2.45, 2.75) is 49.4 Å². The quantitative estimate of drug-likeness (QED) is 0.500. The van der Waals surface area contributed by atoms with Gasteiger partial charge >= 0.3 is 6.18 Å². The maximum absolute atomic E-state index is 13.8. The lowest BCUT2D eigenvalue weighted by Crippen LogP contribution is -2.56. The lowest BCUT2D eigenvalue weighted by Gasteiger charge is -2.53. The zero-order valence-corrected chi connectivity index (χ0v) is 19.5. The molecule has 0 bridgehead atoms. The summed E-state index contributed by atoms with van der Waals surface area (Å²) in [5, 5.41) is 8.46. The number of fused-ring (bicyclic) bond motifs is 1. The van der Waals surface area contributed by atoms with Gasteiger partial charge in [-0.1, -0.05) is 12.1 Å². The normalized spacial score (nSPS) is 25.3. The summed E-state index contributed by atoms with van der Waals surface area (Å²) >= 11 is 0. The largest absolute Gasteiger partial charge is 0.416 e. The van der Waals surface area contributed by atoms with E-state index in [9.17, 15) is 22.8 Å². The SMILES string of the molecule is Cn1cnnc1C1(c2cccc(N3Cc4c(cc(C=O)cc4C(F)(F)F)C3=O)c2)CC2(CCCO2)C1. The summed E-state index contributed by atoms with van der Waals surface area (Å²) in [5.74, 6) is 0.222. The fourth-order valence-electron chi connectivity index (χ4n) is 6.22. The van der Waals surface area contributed by atoms with Gasteiger partial charge in [0.25, 0.3) is 5.91 Å². The van der Waals surface area contributed by atoms with Crippen molar-refractivity contribution in [3.8, 4) is 0 Å². The molecule has 0 N–H and O–H groups in total. The number of benzene rings is 2. The minimum absolute atomic E-state index is 0.0951. The zero-order valence-electron chi connectivity index (χ0n) is 19.5. The highest BCUT2D eigenvalue weighted by molar-refractivity contribution is 6.11. The van der Waals surface area contributed by atoms with Crippen LogP contribution in [0.15, 0.2) is 42.7 Å². The first-order valence-electron chi connectivity index (χ1n) is 11.8. The molecule has 36 heavy (non-hydrogen) atoms. The molecule has 10 heteroatoms. The smallest absolute Gasteiger partial charge is 0.375 e. The molecule has 6 rings (SSSR count). The van der Waals surface area contributed by atoms with Crippen LogP contribution in [0.1, 0.15) is 68.9 Å². The van der Waals surface area contributed by atoms with E-state index in [0.29, 0.717) is 24.8 Å². The van der Waals surface area contributed by atoms with E-state index in [4.69, 9.17) is 4.74 Å². The molecule has 186 valence electrons. The first kappa shape index (κ1) is 22.9. The number of aldehydes is 1. The third-order valence-electron chi connectivity index (χ3n) is 7.79. The van der Waals surface area contributed by atoms with Crippen molar-refractivity contribution >= 4 is 17.9 Å². The Kier molecular flexibility index (Phi) is 4.92. The Hall–Kier alpha value is -3.53. The number of rotatable bonds is 4. The van der Waals surface area contributed by atoms with Crippen LogP contribution in [0, 0.1) is 0 Å². The van der Waals surface area contributed by atoms with Gasteiger partial charge in [-0.3, -0.25) is 9.59 Å². The van der Waals surface area contributed by atoms with Gasteiger partial charge < -0.3 is 14.2 Å². The van der Waals surface area contributed by atoms with E-state index in [1.54, 1.807) is 18.5 Å². The van der Waals surface area contributed by atoms with E-state index in [2.05, 4.69) is 10.2 Å². The molecule has 3 aliphatic rings. The average molecular weight is 496 g/mol. The second-order valence-corrected chi connectivity index (χ2v) is 9.99. The Labute approximate surface area is 204 Å². The van der Waals surface area contributed by atoms with Crippen molar-refractivity contribution in [3.05, 3.63) is 76.4 Å². The van der Waals surface area contributed by atoms with Gasteiger partial charge in [0.1, 0.15) is 18.4 Å². The number of alkyl halides is 3. The molecule has 1 aliphatic carbocycles. The third kappa shape index (κ3) is 3.31. The monoisotopic (exact) mass is 496 g/mol. The standard InChI is InChI=1S/C26H23F3N4O3/c1-32-15-30-31-23(32)25(13-24(14-25)6-3-7-36-24)17-4-2-5-18(10-17)33-11-20-19(22(33)35)8-16(12-34)9-21(20)26(27,28)29/h2,4-5,8-10,12,15H,3,6-7,11,13-14H2,1H3. The number of nitrogens with zero attached hydrogens (tertiary/aromatic N) is 4. The maximum atomic E-state index is 13.8. The van der Waals surface area contributed by atoms with E-state index in [1.165, 1.54) is 11.0 Å². The van der Waals surface area contributed by atoms with Gasteiger partial charge in [-0.05, 0) is 61.1 Å². The van der Waals surface area contributed by atoms with Gasteiger partial charge in [0.15, 0.2) is 0 Å². The van der Waals surface area contributed by atoms with Gasteiger partial charge in [0.05, 0.1) is 23.1 Å². The van der Waals surface area contributed by atoms with Crippen LogP contribution in [-0.2, 0) is 29.9 Å². The van der Waals surface area contributed by atoms with Crippen LogP contribution in [-0.4, -0.2) is 39.2 Å². The Morgan fingerprint density at radius 1 is 1.17 bits per heavy atom. The molecule has 3 heterocycles. The summed E-state index contributed by atoms with van der Waals surface area (Å²) in [5.41, 5.74) is -0.644. The van der Waals surface area contributed by atoms with Crippen LogP contribution in [0.2, 0.25) is 0 Å². The highest BCUT2D eigenvalue weighted by Gasteiger charge is 2.60. The second kappa shape index (κ2) is 7.73. The van der Waals surface area contributed by atoms with Crippen molar-refractivity contribution < 1.29 is 27.5 Å². The molecule has 0 atom stereocenters. The number of carbonyl (C=O) groups is 2. The van der Waals surface area contributed by atoms with Crippen molar-refractivity contribution in [2.75, 3.05) is 11.5 Å². The molecule has 7 nitrogen and oxygen atoms in total. The molecular formula is C26H23F3N4O3. The molecular weight excluding hydrogens is 473 g/mol. The number of aromatic nitrogens is 3. The molecule has 1 aromatic heterocycles. The fourth-order valence-corrected chi connectivity index (χ4v) is 6.22. The number of aryl methyl sites for hydroxylation is 1. The Bertz CT molecular complexity index is 1380. The van der Waals surface area contributed by atoms with E-state index >= 15 is 0 Å².